The summed E-state index contributed by atoms with van der Waals surface area (Å²) in [6, 6.07) is 14.0. The molecule has 3 N–H and O–H groups in total. The summed E-state index contributed by atoms with van der Waals surface area (Å²) in [5, 5.41) is 3.03. The summed E-state index contributed by atoms with van der Waals surface area (Å²) in [5.41, 5.74) is 8.77. The van der Waals surface area contributed by atoms with Gasteiger partial charge in [-0.1, -0.05) is 24.3 Å². The Morgan fingerprint density at radius 2 is 1.96 bits per heavy atom. The molecule has 0 saturated heterocycles. The van der Waals surface area contributed by atoms with Crippen molar-refractivity contribution in [3.8, 4) is 0 Å². The number of aliphatic imine (C=N–C) groups is 1. The van der Waals surface area contributed by atoms with E-state index in [1.54, 1.807) is 19.2 Å². The predicted molar refractivity (Wildman–Crippen MR) is 103 cm³/mol. The summed E-state index contributed by atoms with van der Waals surface area (Å²) >= 11 is 0. The largest absolute Gasteiger partial charge is 0.375 e. The zero-order chi connectivity index (χ0) is 15.9. The van der Waals surface area contributed by atoms with Crippen molar-refractivity contribution < 1.29 is 9.13 Å². The molecule has 0 aliphatic heterocycles. The number of nitrogens with one attached hydrogen (secondary N) is 1. The molecule has 0 aliphatic carbocycles. The third kappa shape index (κ3) is 6.15. The monoisotopic (exact) mass is 429 g/mol. The molecule has 0 radical (unpaired) electrons. The van der Waals surface area contributed by atoms with E-state index in [0.29, 0.717) is 12.5 Å². The average molecular weight is 429 g/mol. The number of halogens is 2. The van der Waals surface area contributed by atoms with Crippen LogP contribution in [-0.4, -0.2) is 19.6 Å². The van der Waals surface area contributed by atoms with Gasteiger partial charge < -0.3 is 15.8 Å². The topological polar surface area (TPSA) is 59.6 Å². The van der Waals surface area contributed by atoms with Gasteiger partial charge in [-0.05, 0) is 42.3 Å². The highest BCUT2D eigenvalue weighted by Gasteiger charge is 2.10. The highest BCUT2D eigenvalue weighted by molar-refractivity contribution is 14.0. The summed E-state index contributed by atoms with van der Waals surface area (Å²) in [5.74, 6) is 0.0393. The van der Waals surface area contributed by atoms with Crippen LogP contribution in [-0.2, 0) is 4.74 Å². The lowest BCUT2D eigenvalue weighted by atomic mass is 10.1. The van der Waals surface area contributed by atoms with Gasteiger partial charge in [-0.3, -0.25) is 4.99 Å². The van der Waals surface area contributed by atoms with Crippen LogP contribution >= 0.6 is 24.0 Å². The molecule has 2 aromatic rings. The third-order valence-electron chi connectivity index (χ3n) is 3.24. The van der Waals surface area contributed by atoms with Crippen molar-refractivity contribution in [3.05, 3.63) is 65.5 Å². The molecule has 0 saturated carbocycles. The van der Waals surface area contributed by atoms with Gasteiger partial charge in [0.05, 0.1) is 6.54 Å². The molecule has 23 heavy (non-hydrogen) atoms. The van der Waals surface area contributed by atoms with E-state index in [9.17, 15) is 4.39 Å². The Bertz CT molecular complexity index is 647. The molecular weight excluding hydrogens is 408 g/mol. The highest BCUT2D eigenvalue weighted by Crippen LogP contribution is 2.17. The third-order valence-corrected chi connectivity index (χ3v) is 3.24. The Hall–Kier alpha value is -1.67. The molecule has 4 nitrogen and oxygen atoms in total. The number of aryl methyl sites for hydroxylation is 1. The second kappa shape index (κ2) is 9.46. The smallest absolute Gasteiger partial charge is 0.193 e. The number of rotatable bonds is 5. The van der Waals surface area contributed by atoms with Gasteiger partial charge in [0.25, 0.3) is 0 Å². The standard InChI is InChI=1S/C17H20FN3O.HI/c1-12-4-3-5-15(10-12)21-17(19)20-11-16(22-2)13-6-8-14(18)9-7-13;/h3-10,16H,11H2,1-2H3,(H3,19,20,21);1H. The van der Waals surface area contributed by atoms with E-state index in [0.717, 1.165) is 16.8 Å². The first-order valence-electron chi connectivity index (χ1n) is 7.00. The average Bonchev–Trinajstić information content (AvgIpc) is 2.49. The van der Waals surface area contributed by atoms with Crippen molar-refractivity contribution in [2.45, 2.75) is 13.0 Å². The number of methoxy groups -OCH3 is 1. The Morgan fingerprint density at radius 1 is 1.26 bits per heavy atom. The van der Waals surface area contributed by atoms with E-state index in [2.05, 4.69) is 10.3 Å². The fourth-order valence-corrected chi connectivity index (χ4v) is 2.08. The van der Waals surface area contributed by atoms with Crippen LogP contribution in [0, 0.1) is 12.7 Å². The Morgan fingerprint density at radius 3 is 2.57 bits per heavy atom. The molecule has 6 heteroatoms. The second-order valence-electron chi connectivity index (χ2n) is 5.00. The van der Waals surface area contributed by atoms with Crippen LogP contribution < -0.4 is 11.1 Å². The first-order valence-corrected chi connectivity index (χ1v) is 7.00. The fourth-order valence-electron chi connectivity index (χ4n) is 2.08. The molecule has 0 bridgehead atoms. The van der Waals surface area contributed by atoms with E-state index in [1.807, 2.05) is 31.2 Å². The minimum atomic E-state index is -0.275. The minimum absolute atomic E-state index is 0. The van der Waals surface area contributed by atoms with Crippen LogP contribution in [0.1, 0.15) is 17.2 Å². The number of benzene rings is 2. The summed E-state index contributed by atoms with van der Waals surface area (Å²) in [6.07, 6.45) is -0.265. The molecule has 1 unspecified atom stereocenters. The van der Waals surface area contributed by atoms with Crippen molar-refractivity contribution >= 4 is 35.6 Å². The number of hydrogen-bond acceptors (Lipinski definition) is 2. The summed E-state index contributed by atoms with van der Waals surface area (Å²) < 4.78 is 18.3. The maximum absolute atomic E-state index is 12.9. The first-order chi connectivity index (χ1) is 10.6. The molecule has 0 aromatic heterocycles. The molecule has 1 atom stereocenters. The summed E-state index contributed by atoms with van der Waals surface area (Å²) in [4.78, 5) is 4.28. The Kier molecular flexibility index (Phi) is 7.97. The first kappa shape index (κ1) is 19.4. The number of ether oxygens (including phenoxy) is 1. The predicted octanol–water partition coefficient (Wildman–Crippen LogP) is 3.87. The second-order valence-corrected chi connectivity index (χ2v) is 5.00. The maximum atomic E-state index is 12.9. The van der Waals surface area contributed by atoms with Gasteiger partial charge in [-0.25, -0.2) is 4.39 Å². The fraction of sp³-hybridized carbons (Fsp3) is 0.235. The zero-order valence-electron chi connectivity index (χ0n) is 13.1. The minimum Gasteiger partial charge on any atom is -0.375 e. The summed E-state index contributed by atoms with van der Waals surface area (Å²) in [7, 11) is 1.59. The Labute approximate surface area is 153 Å². The zero-order valence-corrected chi connectivity index (χ0v) is 15.5. The highest BCUT2D eigenvalue weighted by atomic mass is 127. The number of nitrogens with two attached hydrogens (primary N) is 1. The molecule has 0 fully saturated rings. The SMILES string of the molecule is COC(CN=C(N)Nc1cccc(C)c1)c1ccc(F)cc1.I. The van der Waals surface area contributed by atoms with Crippen LogP contribution in [0.4, 0.5) is 10.1 Å². The van der Waals surface area contributed by atoms with Crippen molar-refractivity contribution in [1.82, 2.24) is 0 Å². The van der Waals surface area contributed by atoms with Gasteiger partial charge in [0, 0.05) is 12.8 Å². The molecule has 124 valence electrons. The van der Waals surface area contributed by atoms with Gasteiger partial charge in [-0.2, -0.15) is 0 Å². The molecule has 0 spiro atoms. The summed E-state index contributed by atoms with van der Waals surface area (Å²) in [6.45, 7) is 2.36. The molecule has 2 aromatic carbocycles. The molecule has 0 amide bonds. The molecule has 0 heterocycles. The van der Waals surface area contributed by atoms with Gasteiger partial charge in [-0.15, -0.1) is 24.0 Å². The van der Waals surface area contributed by atoms with Crippen molar-refractivity contribution in [1.29, 1.82) is 0 Å². The van der Waals surface area contributed by atoms with Crippen LogP contribution in [0.25, 0.3) is 0 Å². The number of guanidine groups is 1. The van der Waals surface area contributed by atoms with E-state index in [-0.39, 0.29) is 35.9 Å². The quantitative estimate of drug-likeness (QED) is 0.431. The van der Waals surface area contributed by atoms with E-state index >= 15 is 0 Å². The van der Waals surface area contributed by atoms with Crippen LogP contribution in [0.15, 0.2) is 53.5 Å². The lowest BCUT2D eigenvalue weighted by Gasteiger charge is -2.14. The van der Waals surface area contributed by atoms with Crippen LogP contribution in [0.3, 0.4) is 0 Å². The Balaban J connectivity index is 0.00000264. The molecular formula is C17H21FIN3O. The van der Waals surface area contributed by atoms with E-state index in [1.165, 1.54) is 12.1 Å². The number of hydrogen-bond donors (Lipinski definition) is 2. The van der Waals surface area contributed by atoms with Crippen molar-refractivity contribution in [3.63, 3.8) is 0 Å². The van der Waals surface area contributed by atoms with E-state index < -0.39 is 0 Å². The molecule has 2 rings (SSSR count). The lowest BCUT2D eigenvalue weighted by molar-refractivity contribution is 0.111. The van der Waals surface area contributed by atoms with Crippen LogP contribution in [0.5, 0.6) is 0 Å². The van der Waals surface area contributed by atoms with E-state index in [4.69, 9.17) is 10.5 Å². The normalized spacial score (nSPS) is 12.4. The van der Waals surface area contributed by atoms with Gasteiger partial charge in [0.2, 0.25) is 0 Å². The molecule has 0 aliphatic rings. The lowest BCUT2D eigenvalue weighted by Crippen LogP contribution is -2.23. The van der Waals surface area contributed by atoms with Crippen LogP contribution in [0.2, 0.25) is 0 Å². The van der Waals surface area contributed by atoms with Crippen molar-refractivity contribution in [2.24, 2.45) is 10.7 Å². The van der Waals surface area contributed by atoms with Crippen molar-refractivity contribution in [2.75, 3.05) is 19.0 Å². The number of nitrogens with zero attached hydrogens (tertiary/aromatic N) is 1. The number of anilines is 1. The van der Waals surface area contributed by atoms with Gasteiger partial charge in [0.1, 0.15) is 11.9 Å². The van der Waals surface area contributed by atoms with Gasteiger partial charge in [0.15, 0.2) is 5.96 Å². The maximum Gasteiger partial charge on any atom is 0.193 e. The van der Waals surface area contributed by atoms with Gasteiger partial charge >= 0.3 is 0 Å².